The van der Waals surface area contributed by atoms with Crippen molar-refractivity contribution in [3.8, 4) is 10.6 Å². The van der Waals surface area contributed by atoms with E-state index in [0.29, 0.717) is 10.6 Å². The summed E-state index contributed by atoms with van der Waals surface area (Å²) in [6.45, 7) is 3.95. The summed E-state index contributed by atoms with van der Waals surface area (Å²) >= 11 is 4.57. The first-order valence-corrected chi connectivity index (χ1v) is 7.35. The van der Waals surface area contributed by atoms with Crippen LogP contribution in [0.15, 0.2) is 16.6 Å². The summed E-state index contributed by atoms with van der Waals surface area (Å²) in [6.07, 6.45) is 0. The van der Waals surface area contributed by atoms with E-state index in [-0.39, 0.29) is 10.5 Å². The van der Waals surface area contributed by atoms with Crippen LogP contribution in [0.25, 0.3) is 10.6 Å². The molecule has 6 heteroatoms. The van der Waals surface area contributed by atoms with Crippen LogP contribution >= 0.6 is 27.3 Å². The van der Waals surface area contributed by atoms with E-state index in [1.807, 2.05) is 20.9 Å². The molecule has 0 spiro atoms. The lowest BCUT2D eigenvalue weighted by atomic mass is 10.2. The molecule has 1 N–H and O–H groups in total. The molecule has 0 saturated heterocycles. The molecule has 0 aliphatic carbocycles. The first-order chi connectivity index (χ1) is 8.95. The first-order valence-electron chi connectivity index (χ1n) is 5.74. The SMILES string of the molecule is CNC(C)c1sc(-c2ccc(F)c(F)c2Br)nc1C. The molecule has 19 heavy (non-hydrogen) atoms. The van der Waals surface area contributed by atoms with Crippen molar-refractivity contribution in [1.29, 1.82) is 0 Å². The van der Waals surface area contributed by atoms with Gasteiger partial charge >= 0.3 is 0 Å². The second-order valence-electron chi connectivity index (χ2n) is 4.20. The molecule has 0 bridgehead atoms. The zero-order chi connectivity index (χ0) is 14.2. The number of rotatable bonds is 3. The number of hydrogen-bond donors (Lipinski definition) is 1. The third-order valence-electron chi connectivity index (χ3n) is 2.92. The molecule has 0 amide bonds. The minimum atomic E-state index is -0.881. The fourth-order valence-corrected chi connectivity index (χ4v) is 3.55. The smallest absolute Gasteiger partial charge is 0.173 e. The predicted molar refractivity (Wildman–Crippen MR) is 77.4 cm³/mol. The maximum Gasteiger partial charge on any atom is 0.173 e. The molecule has 2 aromatic rings. The van der Waals surface area contributed by atoms with Crippen molar-refractivity contribution in [2.45, 2.75) is 19.9 Å². The number of aryl methyl sites for hydroxylation is 1. The van der Waals surface area contributed by atoms with Gasteiger partial charge in [0.05, 0.1) is 10.2 Å². The summed E-state index contributed by atoms with van der Waals surface area (Å²) in [6, 6.07) is 2.83. The number of hydrogen-bond acceptors (Lipinski definition) is 3. The highest BCUT2D eigenvalue weighted by atomic mass is 79.9. The number of thiazole rings is 1. The summed E-state index contributed by atoms with van der Waals surface area (Å²) in [5.41, 5.74) is 1.47. The largest absolute Gasteiger partial charge is 0.312 e. The lowest BCUT2D eigenvalue weighted by molar-refractivity contribution is 0.505. The van der Waals surface area contributed by atoms with Gasteiger partial charge < -0.3 is 5.32 Å². The molecule has 0 aliphatic heterocycles. The molecule has 1 heterocycles. The third-order valence-corrected chi connectivity index (χ3v) is 5.07. The third kappa shape index (κ3) is 2.70. The van der Waals surface area contributed by atoms with Crippen molar-refractivity contribution in [3.63, 3.8) is 0 Å². The van der Waals surface area contributed by atoms with Gasteiger partial charge in [-0.1, -0.05) is 0 Å². The molecule has 0 radical (unpaired) electrons. The Morgan fingerprint density at radius 1 is 1.37 bits per heavy atom. The average molecular weight is 347 g/mol. The highest BCUT2D eigenvalue weighted by Gasteiger charge is 2.18. The molecular formula is C13H13BrF2N2S. The lowest BCUT2D eigenvalue weighted by Gasteiger charge is -2.07. The van der Waals surface area contributed by atoms with Crippen LogP contribution in [-0.2, 0) is 0 Å². The van der Waals surface area contributed by atoms with Gasteiger partial charge in [-0.05, 0) is 49.0 Å². The minimum Gasteiger partial charge on any atom is -0.312 e. The van der Waals surface area contributed by atoms with E-state index >= 15 is 0 Å². The van der Waals surface area contributed by atoms with Crippen molar-refractivity contribution in [2.75, 3.05) is 7.05 Å². The maximum atomic E-state index is 13.6. The van der Waals surface area contributed by atoms with Crippen LogP contribution in [0.4, 0.5) is 8.78 Å². The van der Waals surface area contributed by atoms with Crippen LogP contribution < -0.4 is 5.32 Å². The Balaban J connectivity index is 2.52. The van der Waals surface area contributed by atoms with Crippen LogP contribution in [0.3, 0.4) is 0 Å². The van der Waals surface area contributed by atoms with Crippen LogP contribution in [-0.4, -0.2) is 12.0 Å². The number of halogens is 3. The summed E-state index contributed by atoms with van der Waals surface area (Å²) in [4.78, 5) is 5.53. The van der Waals surface area contributed by atoms with Gasteiger partial charge in [-0.2, -0.15) is 0 Å². The van der Waals surface area contributed by atoms with Crippen LogP contribution in [0.1, 0.15) is 23.5 Å². The molecular weight excluding hydrogens is 334 g/mol. The Hall–Kier alpha value is -0.850. The Kier molecular flexibility index (Phi) is 4.32. The molecule has 1 aromatic heterocycles. The van der Waals surface area contributed by atoms with Crippen molar-refractivity contribution < 1.29 is 8.78 Å². The molecule has 0 saturated carbocycles. The second-order valence-corrected chi connectivity index (χ2v) is 6.03. The standard InChI is InChI=1S/C13H13BrF2N2S/c1-6(17-3)12-7(2)18-13(19-12)8-4-5-9(15)11(16)10(8)14/h4-6,17H,1-3H3. The van der Waals surface area contributed by atoms with Gasteiger partial charge in [0.15, 0.2) is 11.6 Å². The Bertz CT molecular complexity index is 613. The van der Waals surface area contributed by atoms with Crippen LogP contribution in [0.5, 0.6) is 0 Å². The van der Waals surface area contributed by atoms with E-state index in [1.165, 1.54) is 17.4 Å². The second kappa shape index (κ2) is 5.64. The van der Waals surface area contributed by atoms with E-state index in [0.717, 1.165) is 16.6 Å². The molecule has 0 fully saturated rings. The number of aromatic nitrogens is 1. The quantitative estimate of drug-likeness (QED) is 0.831. The van der Waals surface area contributed by atoms with Crippen molar-refractivity contribution in [1.82, 2.24) is 10.3 Å². The molecule has 0 aliphatic rings. The van der Waals surface area contributed by atoms with Crippen molar-refractivity contribution >= 4 is 27.3 Å². The highest BCUT2D eigenvalue weighted by Crippen LogP contribution is 2.36. The van der Waals surface area contributed by atoms with Gasteiger partial charge in [-0.15, -0.1) is 11.3 Å². The summed E-state index contributed by atoms with van der Waals surface area (Å²) in [5, 5.41) is 3.83. The first kappa shape index (κ1) is 14.6. The zero-order valence-electron chi connectivity index (χ0n) is 10.7. The molecule has 1 unspecified atom stereocenters. The zero-order valence-corrected chi connectivity index (χ0v) is 13.1. The summed E-state index contributed by atoms with van der Waals surface area (Å²) < 4.78 is 26.8. The molecule has 2 rings (SSSR count). The van der Waals surface area contributed by atoms with Crippen LogP contribution in [0, 0.1) is 18.6 Å². The van der Waals surface area contributed by atoms with Crippen LogP contribution in [0.2, 0.25) is 0 Å². The van der Waals surface area contributed by atoms with Gasteiger partial charge in [0, 0.05) is 16.5 Å². The molecule has 102 valence electrons. The fraction of sp³-hybridized carbons (Fsp3) is 0.308. The highest BCUT2D eigenvalue weighted by molar-refractivity contribution is 9.10. The van der Waals surface area contributed by atoms with E-state index in [4.69, 9.17) is 0 Å². The minimum absolute atomic E-state index is 0.116. The maximum absolute atomic E-state index is 13.6. The van der Waals surface area contributed by atoms with E-state index in [2.05, 4.69) is 26.2 Å². The number of nitrogens with one attached hydrogen (secondary N) is 1. The number of nitrogens with zero attached hydrogens (tertiary/aromatic N) is 1. The Morgan fingerprint density at radius 2 is 2.05 bits per heavy atom. The monoisotopic (exact) mass is 346 g/mol. The lowest BCUT2D eigenvalue weighted by Crippen LogP contribution is -2.11. The van der Waals surface area contributed by atoms with Gasteiger partial charge in [0.25, 0.3) is 0 Å². The topological polar surface area (TPSA) is 24.9 Å². The van der Waals surface area contributed by atoms with Gasteiger partial charge in [-0.25, -0.2) is 13.8 Å². The fourth-order valence-electron chi connectivity index (χ4n) is 1.75. The number of benzene rings is 1. The summed E-state index contributed by atoms with van der Waals surface area (Å²) in [5.74, 6) is -1.75. The van der Waals surface area contributed by atoms with E-state index in [9.17, 15) is 8.78 Å². The normalized spacial score (nSPS) is 12.7. The average Bonchev–Trinajstić information content (AvgIpc) is 2.77. The van der Waals surface area contributed by atoms with Gasteiger partial charge in [0.2, 0.25) is 0 Å². The summed E-state index contributed by atoms with van der Waals surface area (Å²) in [7, 11) is 1.87. The Labute approximate surface area is 123 Å². The van der Waals surface area contributed by atoms with Crippen molar-refractivity contribution in [2.24, 2.45) is 0 Å². The van der Waals surface area contributed by atoms with E-state index in [1.54, 1.807) is 0 Å². The molecule has 1 atom stereocenters. The molecule has 2 nitrogen and oxygen atoms in total. The Morgan fingerprint density at radius 3 is 2.68 bits per heavy atom. The van der Waals surface area contributed by atoms with Crippen molar-refractivity contribution in [3.05, 3.63) is 38.8 Å². The van der Waals surface area contributed by atoms with E-state index < -0.39 is 11.6 Å². The molecule has 1 aromatic carbocycles. The predicted octanol–water partition coefficient (Wildman–Crippen LogP) is 4.44. The van der Waals surface area contributed by atoms with Gasteiger partial charge in [-0.3, -0.25) is 0 Å². The van der Waals surface area contributed by atoms with Gasteiger partial charge in [0.1, 0.15) is 5.01 Å².